The number of aliphatic hydroxyl groups excluding tert-OH is 1. The molecule has 2 aromatic rings. The van der Waals surface area contributed by atoms with Crippen LogP contribution in [0.25, 0.3) is 11.0 Å². The number of H-pyrrole nitrogens is 1. The molecule has 1 saturated heterocycles. The number of hydrogen-bond acceptors (Lipinski definition) is 3. The molecule has 0 saturated carbocycles. The van der Waals surface area contributed by atoms with Crippen LogP contribution in [0.1, 0.15) is 37.2 Å². The Kier molecular flexibility index (Phi) is 4.33. The fraction of sp³-hybridized carbons (Fsp3) is 0.562. The van der Waals surface area contributed by atoms with E-state index in [4.69, 9.17) is 5.11 Å². The van der Waals surface area contributed by atoms with E-state index in [1.807, 2.05) is 12.3 Å². The highest BCUT2D eigenvalue weighted by Crippen LogP contribution is 2.32. The van der Waals surface area contributed by atoms with Crippen molar-refractivity contribution in [1.82, 2.24) is 14.9 Å². The number of unbranched alkanes of at least 4 members (excludes halogenated alkanes) is 1. The molecular formula is C16H23N3O. The molecule has 0 amide bonds. The molecular weight excluding hydrogens is 250 g/mol. The largest absolute Gasteiger partial charge is 0.396 e. The standard InChI is InChI=1S/C16H23N3O/c20-11-2-1-8-19-9-5-13(6-10-19)15-12-18-16-14(15)4-3-7-17-16/h3-4,7,12-13,20H,1-2,5-6,8-11H2,(H,17,18). The van der Waals surface area contributed by atoms with Gasteiger partial charge in [-0.25, -0.2) is 4.98 Å². The average Bonchev–Trinajstić information content (AvgIpc) is 2.92. The van der Waals surface area contributed by atoms with E-state index < -0.39 is 0 Å². The molecule has 2 N–H and O–H groups in total. The van der Waals surface area contributed by atoms with Crippen LogP contribution in [0.2, 0.25) is 0 Å². The highest BCUT2D eigenvalue weighted by molar-refractivity contribution is 5.80. The number of likely N-dealkylation sites (tertiary alicyclic amines) is 1. The zero-order chi connectivity index (χ0) is 13.8. The van der Waals surface area contributed by atoms with Gasteiger partial charge in [-0.15, -0.1) is 0 Å². The molecule has 1 aliphatic rings. The Balaban J connectivity index is 1.60. The van der Waals surface area contributed by atoms with Crippen molar-refractivity contribution < 1.29 is 5.11 Å². The molecule has 3 heterocycles. The number of nitrogens with zero attached hydrogens (tertiary/aromatic N) is 2. The molecule has 108 valence electrons. The third-order valence-corrected chi connectivity index (χ3v) is 4.39. The van der Waals surface area contributed by atoms with Crippen molar-refractivity contribution in [2.45, 2.75) is 31.6 Å². The smallest absolute Gasteiger partial charge is 0.137 e. The molecule has 0 spiro atoms. The molecule has 0 bridgehead atoms. The van der Waals surface area contributed by atoms with Crippen molar-refractivity contribution in [2.24, 2.45) is 0 Å². The van der Waals surface area contributed by atoms with Gasteiger partial charge in [0.15, 0.2) is 0 Å². The monoisotopic (exact) mass is 273 g/mol. The first-order valence-corrected chi connectivity index (χ1v) is 7.63. The molecule has 20 heavy (non-hydrogen) atoms. The maximum atomic E-state index is 8.84. The van der Waals surface area contributed by atoms with E-state index in [0.717, 1.165) is 25.0 Å². The fourth-order valence-corrected chi connectivity index (χ4v) is 3.23. The Bertz CT molecular complexity index is 543. The van der Waals surface area contributed by atoms with E-state index in [2.05, 4.69) is 27.1 Å². The molecule has 1 aliphatic heterocycles. The second kappa shape index (κ2) is 6.37. The van der Waals surface area contributed by atoms with Crippen molar-refractivity contribution in [1.29, 1.82) is 0 Å². The topological polar surface area (TPSA) is 52.1 Å². The predicted octanol–water partition coefficient (Wildman–Crippen LogP) is 2.51. The lowest BCUT2D eigenvalue weighted by molar-refractivity contribution is 0.200. The third kappa shape index (κ3) is 2.86. The number of piperidine rings is 1. The maximum Gasteiger partial charge on any atom is 0.137 e. The number of aromatic nitrogens is 2. The maximum absolute atomic E-state index is 8.84. The van der Waals surface area contributed by atoms with Crippen LogP contribution >= 0.6 is 0 Å². The lowest BCUT2D eigenvalue weighted by Crippen LogP contribution is -2.33. The molecule has 0 aromatic carbocycles. The van der Waals surface area contributed by atoms with Gasteiger partial charge in [-0.2, -0.15) is 0 Å². The lowest BCUT2D eigenvalue weighted by Gasteiger charge is -2.31. The van der Waals surface area contributed by atoms with Crippen LogP contribution in [0, 0.1) is 0 Å². The summed E-state index contributed by atoms with van der Waals surface area (Å²) in [7, 11) is 0. The van der Waals surface area contributed by atoms with Crippen LogP contribution < -0.4 is 0 Å². The van der Waals surface area contributed by atoms with E-state index in [0.29, 0.717) is 12.5 Å². The van der Waals surface area contributed by atoms with Crippen molar-refractivity contribution in [3.63, 3.8) is 0 Å². The number of hydrogen-bond donors (Lipinski definition) is 2. The van der Waals surface area contributed by atoms with Gasteiger partial charge in [-0.3, -0.25) is 0 Å². The third-order valence-electron chi connectivity index (χ3n) is 4.39. The summed E-state index contributed by atoms with van der Waals surface area (Å²) < 4.78 is 0. The Morgan fingerprint density at radius 3 is 2.95 bits per heavy atom. The first kappa shape index (κ1) is 13.6. The molecule has 1 fully saturated rings. The Morgan fingerprint density at radius 2 is 2.15 bits per heavy atom. The zero-order valence-corrected chi connectivity index (χ0v) is 11.9. The van der Waals surface area contributed by atoms with E-state index in [1.54, 1.807) is 0 Å². The van der Waals surface area contributed by atoms with Gasteiger partial charge in [0.25, 0.3) is 0 Å². The molecule has 0 aliphatic carbocycles. The van der Waals surface area contributed by atoms with Gasteiger partial charge in [0.05, 0.1) is 0 Å². The first-order valence-electron chi connectivity index (χ1n) is 7.63. The van der Waals surface area contributed by atoms with Crippen LogP contribution in [-0.2, 0) is 0 Å². The number of aromatic amines is 1. The van der Waals surface area contributed by atoms with Crippen molar-refractivity contribution in [2.75, 3.05) is 26.2 Å². The van der Waals surface area contributed by atoms with Crippen LogP contribution in [0.3, 0.4) is 0 Å². The summed E-state index contributed by atoms with van der Waals surface area (Å²) in [5.74, 6) is 0.655. The van der Waals surface area contributed by atoms with E-state index >= 15 is 0 Å². The molecule has 4 heteroatoms. The highest BCUT2D eigenvalue weighted by Gasteiger charge is 2.22. The molecule has 4 nitrogen and oxygen atoms in total. The first-order chi connectivity index (χ1) is 9.88. The predicted molar refractivity (Wildman–Crippen MR) is 80.8 cm³/mol. The van der Waals surface area contributed by atoms with Crippen molar-refractivity contribution in [3.8, 4) is 0 Å². The van der Waals surface area contributed by atoms with Crippen molar-refractivity contribution in [3.05, 3.63) is 30.1 Å². The van der Waals surface area contributed by atoms with Gasteiger partial charge in [0.1, 0.15) is 5.65 Å². The second-order valence-corrected chi connectivity index (χ2v) is 5.69. The van der Waals surface area contributed by atoms with E-state index in [-0.39, 0.29) is 0 Å². The average molecular weight is 273 g/mol. The summed E-state index contributed by atoms with van der Waals surface area (Å²) in [6, 6.07) is 4.19. The van der Waals surface area contributed by atoms with Crippen LogP contribution in [0.5, 0.6) is 0 Å². The summed E-state index contributed by atoms with van der Waals surface area (Å²) in [6.45, 7) is 3.79. The zero-order valence-electron chi connectivity index (χ0n) is 11.9. The molecule has 2 aromatic heterocycles. The Hall–Kier alpha value is -1.39. The minimum absolute atomic E-state index is 0.318. The van der Waals surface area contributed by atoms with Gasteiger partial charge in [-0.1, -0.05) is 0 Å². The molecule has 0 radical (unpaired) electrons. The van der Waals surface area contributed by atoms with Gasteiger partial charge in [0.2, 0.25) is 0 Å². The van der Waals surface area contributed by atoms with E-state index in [9.17, 15) is 0 Å². The van der Waals surface area contributed by atoms with E-state index in [1.165, 1.54) is 36.9 Å². The van der Waals surface area contributed by atoms with Gasteiger partial charge >= 0.3 is 0 Å². The fourth-order valence-electron chi connectivity index (χ4n) is 3.23. The second-order valence-electron chi connectivity index (χ2n) is 5.69. The van der Waals surface area contributed by atoms with Gasteiger partial charge in [0, 0.05) is 24.4 Å². The SMILES string of the molecule is OCCCCN1CCC(c2c[nH]c3ncccc23)CC1. The Morgan fingerprint density at radius 1 is 1.30 bits per heavy atom. The molecule has 0 atom stereocenters. The summed E-state index contributed by atoms with van der Waals surface area (Å²) >= 11 is 0. The normalized spacial score (nSPS) is 17.9. The lowest BCUT2D eigenvalue weighted by atomic mass is 9.89. The number of nitrogens with one attached hydrogen (secondary N) is 1. The molecule has 3 rings (SSSR count). The summed E-state index contributed by atoms with van der Waals surface area (Å²) in [6.07, 6.45) is 8.46. The summed E-state index contributed by atoms with van der Waals surface area (Å²) in [5, 5.41) is 10.1. The number of fused-ring (bicyclic) bond motifs is 1. The highest BCUT2D eigenvalue weighted by atomic mass is 16.2. The van der Waals surface area contributed by atoms with Gasteiger partial charge in [-0.05, 0) is 68.9 Å². The summed E-state index contributed by atoms with van der Waals surface area (Å²) in [4.78, 5) is 10.2. The van der Waals surface area contributed by atoms with Crippen molar-refractivity contribution >= 4 is 11.0 Å². The summed E-state index contributed by atoms with van der Waals surface area (Å²) in [5.41, 5.74) is 2.44. The van der Waals surface area contributed by atoms with Gasteiger partial charge < -0.3 is 15.0 Å². The minimum atomic E-state index is 0.318. The quantitative estimate of drug-likeness (QED) is 0.823. The Labute approximate surface area is 119 Å². The number of pyridine rings is 1. The number of rotatable bonds is 5. The van der Waals surface area contributed by atoms with Crippen LogP contribution in [0.4, 0.5) is 0 Å². The minimum Gasteiger partial charge on any atom is -0.396 e. The van der Waals surface area contributed by atoms with Crippen LogP contribution in [0.15, 0.2) is 24.5 Å². The number of aliphatic hydroxyl groups is 1. The van der Waals surface area contributed by atoms with Crippen LogP contribution in [-0.4, -0.2) is 46.2 Å². The molecule has 0 unspecified atom stereocenters.